The maximum atomic E-state index is 13.0. The van der Waals surface area contributed by atoms with Crippen LogP contribution in [0.5, 0.6) is 0 Å². The summed E-state index contributed by atoms with van der Waals surface area (Å²) in [5, 5.41) is 7.05. The second kappa shape index (κ2) is 8.08. The van der Waals surface area contributed by atoms with Gasteiger partial charge in [0.15, 0.2) is 0 Å². The molecule has 166 valence electrons. The van der Waals surface area contributed by atoms with Gasteiger partial charge in [0.05, 0.1) is 19.2 Å². The van der Waals surface area contributed by atoms with Crippen LogP contribution in [0.15, 0.2) is 47.2 Å². The van der Waals surface area contributed by atoms with Gasteiger partial charge in [0, 0.05) is 30.5 Å². The maximum absolute atomic E-state index is 13.0. The molecule has 0 unspecified atom stereocenters. The van der Waals surface area contributed by atoms with Gasteiger partial charge in [0.25, 0.3) is 5.91 Å². The van der Waals surface area contributed by atoms with Crippen molar-refractivity contribution in [1.82, 2.24) is 24.4 Å². The van der Waals surface area contributed by atoms with Crippen LogP contribution >= 0.6 is 0 Å². The molecule has 1 N–H and O–H groups in total. The molecular formula is C22H21BN6O4. The Kier molecular flexibility index (Phi) is 5.08. The number of aryl methyl sites for hydroxylation is 1. The van der Waals surface area contributed by atoms with Gasteiger partial charge in [0.2, 0.25) is 11.7 Å². The van der Waals surface area contributed by atoms with Crippen molar-refractivity contribution < 1.29 is 18.8 Å². The van der Waals surface area contributed by atoms with Gasteiger partial charge < -0.3 is 19.5 Å². The molecule has 3 aromatic heterocycles. The minimum atomic E-state index is -0.369. The Balaban J connectivity index is 1.35. The zero-order valence-corrected chi connectivity index (χ0v) is 18.4. The van der Waals surface area contributed by atoms with Crippen LogP contribution in [0, 0.1) is 6.92 Å². The molecule has 1 fully saturated rings. The Hall–Kier alpha value is -4.15. The zero-order valence-electron chi connectivity index (χ0n) is 18.4. The monoisotopic (exact) mass is 444 g/mol. The van der Waals surface area contributed by atoms with E-state index in [9.17, 15) is 9.59 Å². The molecule has 0 aliphatic carbocycles. The fourth-order valence-electron chi connectivity index (χ4n) is 3.77. The van der Waals surface area contributed by atoms with Crippen LogP contribution in [0.2, 0.25) is 0 Å². The number of nitrogens with zero attached hydrogens (tertiary/aromatic N) is 5. The number of ether oxygens (including phenoxy) is 1. The van der Waals surface area contributed by atoms with Crippen LogP contribution in [-0.2, 0) is 4.74 Å². The fourth-order valence-corrected chi connectivity index (χ4v) is 3.77. The predicted molar refractivity (Wildman–Crippen MR) is 123 cm³/mol. The average Bonchev–Trinajstić information content (AvgIpc) is 3.41. The highest BCUT2D eigenvalue weighted by Gasteiger charge is 2.36. The number of amides is 2. The number of pyridine rings is 1. The number of nitrogens with one attached hydrogen (secondary N) is 1. The van der Waals surface area contributed by atoms with E-state index in [1.54, 1.807) is 15.5 Å². The summed E-state index contributed by atoms with van der Waals surface area (Å²) in [6, 6.07) is 9.41. The van der Waals surface area contributed by atoms with Gasteiger partial charge in [-0.2, -0.15) is 4.98 Å². The van der Waals surface area contributed by atoms with Gasteiger partial charge in [0.1, 0.15) is 19.2 Å². The molecular weight excluding hydrogens is 423 g/mol. The van der Waals surface area contributed by atoms with Crippen molar-refractivity contribution in [2.75, 3.05) is 25.5 Å². The second-order valence-corrected chi connectivity index (χ2v) is 8.09. The highest BCUT2D eigenvalue weighted by atomic mass is 16.5. The fraction of sp³-hybridized carbons (Fsp3) is 0.227. The molecule has 4 heterocycles. The Morgan fingerprint density at radius 3 is 2.85 bits per heavy atom. The number of carbonyl (C=O) groups is 2. The quantitative estimate of drug-likeness (QED) is 0.473. The average molecular weight is 444 g/mol. The van der Waals surface area contributed by atoms with E-state index in [0.717, 1.165) is 11.0 Å². The lowest BCUT2D eigenvalue weighted by Crippen LogP contribution is -2.48. The maximum Gasteiger partial charge on any atom is 0.409 e. The molecule has 4 aromatic rings. The number of hydrogen-bond acceptors (Lipinski definition) is 7. The number of methoxy groups -OCH3 is 1. The second-order valence-electron chi connectivity index (χ2n) is 8.09. The first-order valence-corrected chi connectivity index (χ1v) is 10.5. The van der Waals surface area contributed by atoms with E-state index in [2.05, 4.69) is 20.4 Å². The number of hydrogen-bond donors (Lipinski definition) is 1. The molecule has 10 nitrogen and oxygen atoms in total. The van der Waals surface area contributed by atoms with E-state index in [0.29, 0.717) is 47.4 Å². The molecule has 33 heavy (non-hydrogen) atoms. The molecule has 0 spiro atoms. The lowest BCUT2D eigenvalue weighted by molar-refractivity contribution is 0.0804. The summed E-state index contributed by atoms with van der Waals surface area (Å²) in [5.41, 5.74) is 4.43. The van der Waals surface area contributed by atoms with E-state index < -0.39 is 0 Å². The van der Waals surface area contributed by atoms with Crippen LogP contribution in [0.25, 0.3) is 17.0 Å². The number of carbonyl (C=O) groups excluding carboxylic acids is 2. The van der Waals surface area contributed by atoms with Crippen molar-refractivity contribution in [3.63, 3.8) is 0 Å². The van der Waals surface area contributed by atoms with Crippen LogP contribution < -0.4 is 10.8 Å². The molecule has 0 atom stereocenters. The summed E-state index contributed by atoms with van der Waals surface area (Å²) in [7, 11) is 3.31. The highest BCUT2D eigenvalue weighted by molar-refractivity contribution is 6.32. The minimum Gasteiger partial charge on any atom is -0.453 e. The summed E-state index contributed by atoms with van der Waals surface area (Å²) in [5.74, 6) is 0.605. The summed E-state index contributed by atoms with van der Waals surface area (Å²) in [4.78, 5) is 34.9. The molecule has 1 saturated heterocycles. The van der Waals surface area contributed by atoms with Gasteiger partial charge in [-0.05, 0) is 24.6 Å². The lowest BCUT2D eigenvalue weighted by atomic mass is 9.99. The summed E-state index contributed by atoms with van der Waals surface area (Å²) >= 11 is 0. The lowest BCUT2D eigenvalue weighted by Gasteiger charge is -2.35. The summed E-state index contributed by atoms with van der Waals surface area (Å²) in [6.45, 7) is 2.86. The van der Waals surface area contributed by atoms with Crippen LogP contribution in [0.4, 0.5) is 10.5 Å². The van der Waals surface area contributed by atoms with E-state index in [-0.39, 0.29) is 17.9 Å². The third-order valence-corrected chi connectivity index (χ3v) is 5.74. The Labute approximate surface area is 190 Å². The molecule has 11 heteroatoms. The van der Waals surface area contributed by atoms with Crippen LogP contribution in [-0.4, -0.2) is 64.5 Å². The zero-order chi connectivity index (χ0) is 23.1. The summed E-state index contributed by atoms with van der Waals surface area (Å²) < 4.78 is 11.9. The first-order chi connectivity index (χ1) is 15.9. The number of anilines is 1. The van der Waals surface area contributed by atoms with Crippen molar-refractivity contribution in [2.24, 2.45) is 0 Å². The van der Waals surface area contributed by atoms with Crippen molar-refractivity contribution in [1.29, 1.82) is 0 Å². The van der Waals surface area contributed by atoms with Gasteiger partial charge in [-0.3, -0.25) is 9.20 Å². The predicted octanol–water partition coefficient (Wildman–Crippen LogP) is 1.37. The number of fused-ring (bicyclic) bond motifs is 1. The molecule has 0 radical (unpaired) electrons. The number of aromatic nitrogens is 4. The number of benzene rings is 1. The Morgan fingerprint density at radius 1 is 1.24 bits per heavy atom. The Bertz CT molecular complexity index is 1370. The van der Waals surface area contributed by atoms with Gasteiger partial charge in [-0.1, -0.05) is 28.8 Å². The van der Waals surface area contributed by atoms with Gasteiger partial charge in [-0.25, -0.2) is 9.78 Å². The number of imidazole rings is 1. The Morgan fingerprint density at radius 2 is 2.06 bits per heavy atom. The topological polar surface area (TPSA) is 115 Å². The first-order valence-electron chi connectivity index (χ1n) is 10.5. The SMILES string of the molecule is Bc1ccc2ncc(C(=O)Nc3cc(-c4noc(C5CN(C(=O)OC)C5)n4)ccc3C)n2c1. The molecule has 5 rings (SSSR count). The third-order valence-electron chi connectivity index (χ3n) is 5.74. The molecule has 0 bridgehead atoms. The van der Waals surface area contributed by atoms with Gasteiger partial charge in [-0.15, -0.1) is 0 Å². The molecule has 2 amide bonds. The molecule has 1 aromatic carbocycles. The molecule has 1 aliphatic heterocycles. The largest absolute Gasteiger partial charge is 0.453 e. The van der Waals surface area contributed by atoms with E-state index in [1.807, 2.05) is 51.3 Å². The normalized spacial score (nSPS) is 13.7. The standard InChI is InChI=1S/C22H21BN6O4/c1-12-3-4-13(19-26-21(33-27-19)14-9-28(10-14)22(31)32-2)7-16(12)25-20(30)17-8-24-18-6-5-15(23)11-29(17)18/h3-8,11,14H,9-10,23H2,1-2H3,(H,25,30). The van der Waals surface area contributed by atoms with Crippen molar-refractivity contribution in [3.05, 3.63) is 59.9 Å². The first kappa shape index (κ1) is 20.7. The van der Waals surface area contributed by atoms with Crippen LogP contribution in [0.3, 0.4) is 0 Å². The van der Waals surface area contributed by atoms with Crippen molar-refractivity contribution >= 4 is 36.6 Å². The number of likely N-dealkylation sites (tertiary alicyclic amines) is 1. The minimum absolute atomic E-state index is 0.0198. The van der Waals surface area contributed by atoms with Crippen molar-refractivity contribution in [2.45, 2.75) is 12.8 Å². The van der Waals surface area contributed by atoms with Crippen molar-refractivity contribution in [3.8, 4) is 11.4 Å². The number of rotatable bonds is 4. The van der Waals surface area contributed by atoms with Crippen LogP contribution in [0.1, 0.15) is 27.9 Å². The molecule has 1 aliphatic rings. The molecule has 0 saturated carbocycles. The van der Waals surface area contributed by atoms with E-state index >= 15 is 0 Å². The highest BCUT2D eigenvalue weighted by Crippen LogP contribution is 2.29. The van der Waals surface area contributed by atoms with E-state index in [1.165, 1.54) is 7.11 Å². The van der Waals surface area contributed by atoms with E-state index in [4.69, 9.17) is 9.26 Å². The third kappa shape index (κ3) is 3.82. The smallest absolute Gasteiger partial charge is 0.409 e. The van der Waals surface area contributed by atoms with Gasteiger partial charge >= 0.3 is 6.09 Å². The summed E-state index contributed by atoms with van der Waals surface area (Å²) in [6.07, 6.45) is 3.07.